The predicted octanol–water partition coefficient (Wildman–Crippen LogP) is 3.71. The van der Waals surface area contributed by atoms with E-state index in [0.29, 0.717) is 62.6 Å². The normalized spacial score (nSPS) is 19.3. The van der Waals surface area contributed by atoms with Crippen molar-refractivity contribution in [2.75, 3.05) is 31.5 Å². The van der Waals surface area contributed by atoms with Gasteiger partial charge in [0.1, 0.15) is 5.82 Å². The fraction of sp³-hybridized carbons (Fsp3) is 0.391. The first-order valence-corrected chi connectivity index (χ1v) is 10.7. The largest absolute Gasteiger partial charge is 0.340 e. The van der Waals surface area contributed by atoms with Gasteiger partial charge in [-0.05, 0) is 36.6 Å². The van der Waals surface area contributed by atoms with Crippen LogP contribution in [0.15, 0.2) is 42.5 Å². The molecule has 1 saturated heterocycles. The fourth-order valence-corrected chi connectivity index (χ4v) is 4.39. The summed E-state index contributed by atoms with van der Waals surface area (Å²) in [6.07, 6.45) is 1.58. The molecule has 0 spiro atoms. The van der Waals surface area contributed by atoms with Crippen molar-refractivity contribution in [1.29, 1.82) is 0 Å². The number of hydrogen-bond acceptors (Lipinski definition) is 3. The average Bonchev–Trinajstić information content (AvgIpc) is 2.75. The molecule has 0 aromatic heterocycles. The molecule has 0 saturated carbocycles. The van der Waals surface area contributed by atoms with E-state index >= 15 is 0 Å². The van der Waals surface area contributed by atoms with Crippen molar-refractivity contribution in [3.63, 3.8) is 0 Å². The van der Waals surface area contributed by atoms with Crippen LogP contribution in [-0.4, -0.2) is 47.8 Å². The van der Waals surface area contributed by atoms with Gasteiger partial charge in [0.2, 0.25) is 11.8 Å². The third kappa shape index (κ3) is 4.65. The molecule has 1 fully saturated rings. The predicted molar refractivity (Wildman–Crippen MR) is 115 cm³/mol. The van der Waals surface area contributed by atoms with Crippen LogP contribution in [0.25, 0.3) is 0 Å². The number of halogens is 2. The zero-order chi connectivity index (χ0) is 21.1. The Bertz CT molecular complexity index is 924. The summed E-state index contributed by atoms with van der Waals surface area (Å²) in [4.78, 5) is 28.9. The van der Waals surface area contributed by atoms with Crippen molar-refractivity contribution in [3.05, 3.63) is 64.4 Å². The smallest absolute Gasteiger partial charge is 0.227 e. The van der Waals surface area contributed by atoms with Crippen molar-refractivity contribution in [2.45, 2.75) is 25.8 Å². The molecule has 2 heterocycles. The molecule has 5 nitrogen and oxygen atoms in total. The van der Waals surface area contributed by atoms with Crippen molar-refractivity contribution in [2.24, 2.45) is 5.92 Å². The number of piperazine rings is 1. The summed E-state index contributed by atoms with van der Waals surface area (Å²) >= 11 is 6.12. The highest BCUT2D eigenvalue weighted by Gasteiger charge is 2.28. The number of anilines is 1. The minimum atomic E-state index is -0.298. The van der Waals surface area contributed by atoms with E-state index < -0.39 is 0 Å². The van der Waals surface area contributed by atoms with Crippen LogP contribution in [0.3, 0.4) is 0 Å². The second kappa shape index (κ2) is 9.14. The number of nitrogens with zero attached hydrogens (tertiary/aromatic N) is 2. The van der Waals surface area contributed by atoms with Gasteiger partial charge in [-0.3, -0.25) is 14.5 Å². The van der Waals surface area contributed by atoms with E-state index in [4.69, 9.17) is 11.6 Å². The minimum absolute atomic E-state index is 0.00640. The summed E-state index contributed by atoms with van der Waals surface area (Å²) < 4.78 is 14.0. The minimum Gasteiger partial charge on any atom is -0.340 e. The second-order valence-electron chi connectivity index (χ2n) is 7.94. The number of amides is 2. The molecule has 1 unspecified atom stereocenters. The maximum Gasteiger partial charge on any atom is 0.227 e. The topological polar surface area (TPSA) is 52.7 Å². The van der Waals surface area contributed by atoms with E-state index in [2.05, 4.69) is 10.2 Å². The Hall–Kier alpha value is -2.44. The molecule has 30 heavy (non-hydrogen) atoms. The van der Waals surface area contributed by atoms with E-state index in [1.165, 1.54) is 6.07 Å². The highest BCUT2D eigenvalue weighted by Crippen LogP contribution is 2.28. The van der Waals surface area contributed by atoms with Crippen LogP contribution in [0.4, 0.5) is 10.1 Å². The monoisotopic (exact) mass is 429 g/mol. The van der Waals surface area contributed by atoms with Crippen molar-refractivity contribution < 1.29 is 14.0 Å². The lowest BCUT2D eigenvalue weighted by Gasteiger charge is -2.35. The van der Waals surface area contributed by atoms with Gasteiger partial charge in [0.05, 0.1) is 0 Å². The lowest BCUT2D eigenvalue weighted by atomic mass is 9.89. The lowest BCUT2D eigenvalue weighted by molar-refractivity contribution is -0.133. The van der Waals surface area contributed by atoms with Gasteiger partial charge < -0.3 is 10.2 Å². The molecule has 7 heteroatoms. The quantitative estimate of drug-likeness (QED) is 0.788. The molecule has 0 radical (unpaired) electrons. The van der Waals surface area contributed by atoms with Crippen LogP contribution in [0, 0.1) is 11.7 Å². The summed E-state index contributed by atoms with van der Waals surface area (Å²) in [6.45, 7) is 2.99. The Morgan fingerprint density at radius 2 is 1.87 bits per heavy atom. The van der Waals surface area contributed by atoms with Gasteiger partial charge in [-0.15, -0.1) is 0 Å². The standard InChI is InChI=1S/C23H25ClFN3O2/c24-19-5-3-6-20(25)18(19)15-27-10-12-28(13-11-27)22(29)9-8-17-14-16-4-1-2-7-21(16)26-23(17)30/h1-7,17H,8-15H2,(H,26,30). The van der Waals surface area contributed by atoms with Crippen LogP contribution in [-0.2, 0) is 22.6 Å². The third-order valence-corrected chi connectivity index (χ3v) is 6.34. The van der Waals surface area contributed by atoms with Gasteiger partial charge in [0.15, 0.2) is 0 Å². The molecular formula is C23H25ClFN3O2. The van der Waals surface area contributed by atoms with Gasteiger partial charge in [-0.25, -0.2) is 4.39 Å². The first-order chi connectivity index (χ1) is 14.5. The Kier molecular flexibility index (Phi) is 6.35. The van der Waals surface area contributed by atoms with Crippen molar-refractivity contribution in [3.8, 4) is 0 Å². The third-order valence-electron chi connectivity index (χ3n) is 5.99. The van der Waals surface area contributed by atoms with E-state index in [9.17, 15) is 14.0 Å². The molecule has 2 aliphatic heterocycles. The zero-order valence-electron chi connectivity index (χ0n) is 16.7. The van der Waals surface area contributed by atoms with Crippen LogP contribution in [0.1, 0.15) is 24.0 Å². The van der Waals surface area contributed by atoms with Gasteiger partial charge in [0.25, 0.3) is 0 Å². The van der Waals surface area contributed by atoms with E-state index in [1.54, 1.807) is 12.1 Å². The van der Waals surface area contributed by atoms with Crippen LogP contribution in [0.2, 0.25) is 5.02 Å². The van der Waals surface area contributed by atoms with Gasteiger partial charge in [0, 0.05) is 61.3 Å². The first kappa shape index (κ1) is 20.8. The summed E-state index contributed by atoms with van der Waals surface area (Å²) in [5.74, 6) is -0.403. The molecule has 0 bridgehead atoms. The Balaban J connectivity index is 1.25. The summed E-state index contributed by atoms with van der Waals surface area (Å²) in [7, 11) is 0. The molecule has 2 amide bonds. The maximum atomic E-state index is 14.0. The second-order valence-corrected chi connectivity index (χ2v) is 8.35. The summed E-state index contributed by atoms with van der Waals surface area (Å²) in [5.41, 5.74) is 2.49. The number of carbonyl (C=O) groups is 2. The van der Waals surface area contributed by atoms with E-state index in [1.807, 2.05) is 29.2 Å². The molecule has 2 aliphatic rings. The molecule has 158 valence electrons. The number of nitrogens with one attached hydrogen (secondary N) is 1. The summed E-state index contributed by atoms with van der Waals surface area (Å²) in [6, 6.07) is 12.5. The van der Waals surface area contributed by atoms with Gasteiger partial charge in [-0.1, -0.05) is 35.9 Å². The average molecular weight is 430 g/mol. The summed E-state index contributed by atoms with van der Waals surface area (Å²) in [5, 5.41) is 3.37. The lowest BCUT2D eigenvalue weighted by Crippen LogP contribution is -2.48. The van der Waals surface area contributed by atoms with Crippen LogP contribution < -0.4 is 5.32 Å². The molecular weight excluding hydrogens is 405 g/mol. The number of para-hydroxylation sites is 1. The Morgan fingerprint density at radius 3 is 2.63 bits per heavy atom. The Labute approximate surface area is 180 Å². The molecule has 2 aromatic rings. The molecule has 2 aromatic carbocycles. The number of benzene rings is 2. The molecule has 0 aliphatic carbocycles. The number of hydrogen-bond donors (Lipinski definition) is 1. The zero-order valence-corrected chi connectivity index (χ0v) is 17.5. The molecule has 1 atom stereocenters. The van der Waals surface area contributed by atoms with E-state index in [0.717, 1.165) is 11.3 Å². The van der Waals surface area contributed by atoms with Crippen molar-refractivity contribution in [1.82, 2.24) is 9.80 Å². The van der Waals surface area contributed by atoms with Crippen LogP contribution in [0.5, 0.6) is 0 Å². The van der Waals surface area contributed by atoms with Gasteiger partial charge >= 0.3 is 0 Å². The number of rotatable bonds is 5. The highest BCUT2D eigenvalue weighted by atomic mass is 35.5. The maximum absolute atomic E-state index is 14.0. The Morgan fingerprint density at radius 1 is 1.10 bits per heavy atom. The SMILES string of the molecule is O=C1Nc2ccccc2CC1CCC(=O)N1CCN(Cc2c(F)cccc2Cl)CC1. The molecule has 4 rings (SSSR count). The van der Waals surface area contributed by atoms with Gasteiger partial charge in [-0.2, -0.15) is 0 Å². The highest BCUT2D eigenvalue weighted by molar-refractivity contribution is 6.31. The fourth-order valence-electron chi connectivity index (χ4n) is 4.16. The molecule has 1 N–H and O–H groups in total. The van der Waals surface area contributed by atoms with E-state index in [-0.39, 0.29) is 23.5 Å². The van der Waals surface area contributed by atoms with Crippen LogP contribution >= 0.6 is 11.6 Å². The first-order valence-electron chi connectivity index (χ1n) is 10.3. The van der Waals surface area contributed by atoms with Crippen molar-refractivity contribution >= 4 is 29.1 Å². The number of carbonyl (C=O) groups excluding carboxylic acids is 2. The number of fused-ring (bicyclic) bond motifs is 1.